The standard InChI is InChI=1S/C17H15ClFN3S/c18-13-4-3-5-14(19)12(13)9-11-23-17-8-7-16(21-22-17)15-6-1-2-10-20-15/h1-8,20H,9-11H2. The smallest absolute Gasteiger partial charge is 0.127 e. The van der Waals surface area contributed by atoms with Gasteiger partial charge in [0.25, 0.3) is 0 Å². The molecular weight excluding hydrogens is 333 g/mol. The predicted molar refractivity (Wildman–Crippen MR) is 93.0 cm³/mol. The molecule has 3 nitrogen and oxygen atoms in total. The van der Waals surface area contributed by atoms with Crippen molar-refractivity contribution in [3.8, 4) is 0 Å². The first kappa shape index (κ1) is 16.0. The zero-order chi connectivity index (χ0) is 16.1. The van der Waals surface area contributed by atoms with Crippen LogP contribution in [0.4, 0.5) is 4.39 Å². The third kappa shape index (κ3) is 4.12. The van der Waals surface area contributed by atoms with Gasteiger partial charge in [-0.15, -0.1) is 22.0 Å². The molecule has 0 amide bonds. The van der Waals surface area contributed by atoms with Crippen molar-refractivity contribution in [1.29, 1.82) is 0 Å². The molecule has 3 rings (SSSR count). The van der Waals surface area contributed by atoms with Crippen LogP contribution in [-0.2, 0) is 6.42 Å². The molecule has 0 saturated carbocycles. The summed E-state index contributed by atoms with van der Waals surface area (Å²) in [5, 5.41) is 13.0. The van der Waals surface area contributed by atoms with Crippen molar-refractivity contribution in [2.24, 2.45) is 0 Å². The van der Waals surface area contributed by atoms with Crippen LogP contribution < -0.4 is 5.32 Å². The molecule has 0 atom stereocenters. The maximum absolute atomic E-state index is 13.7. The summed E-state index contributed by atoms with van der Waals surface area (Å²) in [6.07, 6.45) is 6.56. The van der Waals surface area contributed by atoms with Crippen LogP contribution in [0.25, 0.3) is 5.70 Å². The van der Waals surface area contributed by atoms with Crippen molar-refractivity contribution in [3.63, 3.8) is 0 Å². The summed E-state index contributed by atoms with van der Waals surface area (Å²) in [7, 11) is 0. The second-order valence-corrected chi connectivity index (χ2v) is 6.47. The number of halogens is 2. The lowest BCUT2D eigenvalue weighted by atomic mass is 10.1. The van der Waals surface area contributed by atoms with Crippen molar-refractivity contribution in [2.45, 2.75) is 11.4 Å². The van der Waals surface area contributed by atoms with Gasteiger partial charge in [0, 0.05) is 22.9 Å². The van der Waals surface area contributed by atoms with Crippen molar-refractivity contribution in [2.75, 3.05) is 12.3 Å². The Bertz CT molecular complexity index is 724. The van der Waals surface area contributed by atoms with Gasteiger partial charge in [-0.2, -0.15) is 0 Å². The lowest BCUT2D eigenvalue weighted by Gasteiger charge is -2.10. The third-order valence-corrected chi connectivity index (χ3v) is 4.66. The number of nitrogens with zero attached hydrogens (tertiary/aromatic N) is 2. The predicted octanol–water partition coefficient (Wildman–Crippen LogP) is 4.10. The molecular formula is C17H15ClFN3S. The first-order chi connectivity index (χ1) is 11.2. The highest BCUT2D eigenvalue weighted by Gasteiger charge is 2.08. The van der Waals surface area contributed by atoms with Crippen LogP contribution in [0.2, 0.25) is 5.02 Å². The number of aromatic nitrogens is 2. The Morgan fingerprint density at radius 2 is 2.13 bits per heavy atom. The lowest BCUT2D eigenvalue weighted by molar-refractivity contribution is 0.613. The van der Waals surface area contributed by atoms with Crippen LogP contribution in [-0.4, -0.2) is 22.5 Å². The first-order valence-corrected chi connectivity index (χ1v) is 8.61. The average molecular weight is 348 g/mol. The van der Waals surface area contributed by atoms with Crippen molar-refractivity contribution >= 4 is 29.1 Å². The van der Waals surface area contributed by atoms with E-state index in [0.717, 1.165) is 23.0 Å². The maximum atomic E-state index is 13.7. The molecule has 1 N–H and O–H groups in total. The number of hydrogen-bond acceptors (Lipinski definition) is 4. The molecule has 1 aromatic carbocycles. The molecule has 0 radical (unpaired) electrons. The Balaban J connectivity index is 1.59. The van der Waals surface area contributed by atoms with E-state index < -0.39 is 0 Å². The number of nitrogens with one attached hydrogen (secondary N) is 1. The fourth-order valence-corrected chi connectivity index (χ4v) is 3.24. The minimum absolute atomic E-state index is 0.261. The van der Waals surface area contributed by atoms with Crippen LogP contribution >= 0.6 is 23.4 Å². The number of hydrogen-bond donors (Lipinski definition) is 1. The summed E-state index contributed by atoms with van der Waals surface area (Å²) in [4.78, 5) is 0. The van der Waals surface area contributed by atoms with Gasteiger partial charge < -0.3 is 5.32 Å². The van der Waals surface area contributed by atoms with Gasteiger partial charge in [0.15, 0.2) is 0 Å². The molecule has 0 saturated heterocycles. The SMILES string of the molecule is Fc1cccc(Cl)c1CCSc1ccc(C2=CC=CCN2)nn1. The van der Waals surface area contributed by atoms with E-state index in [0.29, 0.717) is 22.8 Å². The molecule has 6 heteroatoms. The molecule has 1 aliphatic heterocycles. The summed E-state index contributed by atoms with van der Waals surface area (Å²) < 4.78 is 13.7. The van der Waals surface area contributed by atoms with Crippen molar-refractivity contribution in [3.05, 3.63) is 70.7 Å². The Hall–Kier alpha value is -1.85. The van der Waals surface area contributed by atoms with Gasteiger partial charge in [0.1, 0.15) is 16.5 Å². The average Bonchev–Trinajstić information content (AvgIpc) is 2.59. The number of thioether (sulfide) groups is 1. The topological polar surface area (TPSA) is 37.8 Å². The van der Waals surface area contributed by atoms with Crippen LogP contribution in [0.15, 0.2) is 53.6 Å². The Kier molecular flexibility index (Phi) is 5.31. The largest absolute Gasteiger partial charge is 0.380 e. The van der Waals surface area contributed by atoms with Crippen molar-refractivity contribution in [1.82, 2.24) is 15.5 Å². The summed E-state index contributed by atoms with van der Waals surface area (Å²) in [5.41, 5.74) is 2.33. The van der Waals surface area contributed by atoms with Gasteiger partial charge in [0.2, 0.25) is 0 Å². The summed E-state index contributed by atoms with van der Waals surface area (Å²) in [5.74, 6) is 0.432. The summed E-state index contributed by atoms with van der Waals surface area (Å²) in [6, 6.07) is 8.61. The van der Waals surface area contributed by atoms with Crippen LogP contribution in [0.5, 0.6) is 0 Å². The molecule has 0 fully saturated rings. The van der Waals surface area contributed by atoms with E-state index in [4.69, 9.17) is 11.6 Å². The highest BCUT2D eigenvalue weighted by atomic mass is 35.5. The van der Waals surface area contributed by atoms with Gasteiger partial charge in [0.05, 0.1) is 5.70 Å². The van der Waals surface area contributed by atoms with E-state index in [9.17, 15) is 4.39 Å². The lowest BCUT2D eigenvalue weighted by Crippen LogP contribution is -2.15. The van der Waals surface area contributed by atoms with E-state index in [-0.39, 0.29) is 5.82 Å². The molecule has 2 aromatic rings. The molecule has 0 aliphatic carbocycles. The van der Waals surface area contributed by atoms with Gasteiger partial charge in [-0.3, -0.25) is 0 Å². The minimum Gasteiger partial charge on any atom is -0.380 e. The first-order valence-electron chi connectivity index (χ1n) is 7.24. The monoisotopic (exact) mass is 347 g/mol. The van der Waals surface area contributed by atoms with Crippen LogP contribution in [0, 0.1) is 5.82 Å². The van der Waals surface area contributed by atoms with E-state index in [1.807, 2.05) is 30.4 Å². The number of dihydropyridines is 1. The van der Waals surface area contributed by atoms with Gasteiger partial charge in [-0.05, 0) is 36.8 Å². The number of benzene rings is 1. The molecule has 2 heterocycles. The van der Waals surface area contributed by atoms with Crippen molar-refractivity contribution < 1.29 is 4.39 Å². The molecule has 118 valence electrons. The zero-order valence-electron chi connectivity index (χ0n) is 12.3. The third-order valence-electron chi connectivity index (χ3n) is 3.39. The second kappa shape index (κ2) is 7.62. The van der Waals surface area contributed by atoms with Gasteiger partial charge in [-0.25, -0.2) is 4.39 Å². The van der Waals surface area contributed by atoms with Crippen LogP contribution in [0.3, 0.4) is 0 Å². The summed E-state index contributed by atoms with van der Waals surface area (Å²) >= 11 is 7.56. The van der Waals surface area contributed by atoms with Gasteiger partial charge in [-0.1, -0.05) is 29.8 Å². The van der Waals surface area contributed by atoms with E-state index in [1.54, 1.807) is 12.1 Å². The Labute approximate surface area is 143 Å². The fraction of sp³-hybridized carbons (Fsp3) is 0.176. The maximum Gasteiger partial charge on any atom is 0.127 e. The molecule has 0 unspecified atom stereocenters. The second-order valence-electron chi connectivity index (χ2n) is 4.94. The van der Waals surface area contributed by atoms with E-state index in [1.165, 1.54) is 17.8 Å². The molecule has 0 spiro atoms. The normalized spacial score (nSPS) is 13.6. The Morgan fingerprint density at radius 1 is 1.22 bits per heavy atom. The molecule has 1 aromatic heterocycles. The molecule has 0 bridgehead atoms. The van der Waals surface area contributed by atoms with E-state index >= 15 is 0 Å². The molecule has 1 aliphatic rings. The van der Waals surface area contributed by atoms with E-state index in [2.05, 4.69) is 15.5 Å². The minimum atomic E-state index is -0.261. The van der Waals surface area contributed by atoms with Crippen LogP contribution in [0.1, 0.15) is 11.3 Å². The number of allylic oxidation sites excluding steroid dienone is 2. The quantitative estimate of drug-likeness (QED) is 0.826. The Morgan fingerprint density at radius 3 is 2.83 bits per heavy atom. The summed E-state index contributed by atoms with van der Waals surface area (Å²) in [6.45, 7) is 0.799. The highest BCUT2D eigenvalue weighted by Crippen LogP contribution is 2.23. The zero-order valence-corrected chi connectivity index (χ0v) is 13.9. The molecule has 23 heavy (non-hydrogen) atoms. The highest BCUT2D eigenvalue weighted by molar-refractivity contribution is 7.99. The van der Waals surface area contributed by atoms with Gasteiger partial charge >= 0.3 is 0 Å². The fourth-order valence-electron chi connectivity index (χ4n) is 2.21. The number of rotatable bonds is 5.